The second-order valence-corrected chi connectivity index (χ2v) is 6.44. The van der Waals surface area contributed by atoms with E-state index >= 15 is 0 Å². The van der Waals surface area contributed by atoms with Crippen molar-refractivity contribution in [3.05, 3.63) is 61.0 Å². The highest BCUT2D eigenvalue weighted by molar-refractivity contribution is 6.42. The Morgan fingerprint density at radius 3 is 1.92 bits per heavy atom. The summed E-state index contributed by atoms with van der Waals surface area (Å²) < 4.78 is 0. The zero-order valence-corrected chi connectivity index (χ0v) is 15.4. The molecule has 3 amide bonds. The van der Waals surface area contributed by atoms with Gasteiger partial charge in [-0.2, -0.15) is 0 Å². The number of anilines is 1. The van der Waals surface area contributed by atoms with Crippen LogP contribution in [0.15, 0.2) is 30.3 Å². The monoisotopic (exact) mass is 425 g/mol. The van der Waals surface area contributed by atoms with Crippen LogP contribution in [0.1, 0.15) is 10.4 Å². The Morgan fingerprint density at radius 1 is 0.833 bits per heavy atom. The smallest absolute Gasteiger partial charge is 0.294 e. The van der Waals surface area contributed by atoms with E-state index in [4.69, 9.17) is 58.0 Å². The average Bonchev–Trinajstić information content (AvgIpc) is 2.45. The summed E-state index contributed by atoms with van der Waals surface area (Å²) in [6.45, 7) is 0. The number of carbonyl (C=O) groups is 2. The van der Waals surface area contributed by atoms with Gasteiger partial charge in [0.1, 0.15) is 0 Å². The molecule has 126 valence electrons. The Balaban J connectivity index is 2.03. The minimum atomic E-state index is -0.863. The van der Waals surface area contributed by atoms with E-state index in [-0.39, 0.29) is 31.3 Å². The Morgan fingerprint density at radius 2 is 1.38 bits per heavy atom. The molecule has 0 aromatic heterocycles. The molecule has 10 heteroatoms. The number of benzene rings is 2. The van der Waals surface area contributed by atoms with Crippen LogP contribution in [0.4, 0.5) is 10.5 Å². The quantitative estimate of drug-likeness (QED) is 0.573. The lowest BCUT2D eigenvalue weighted by atomic mass is 10.2. The summed E-state index contributed by atoms with van der Waals surface area (Å²) >= 11 is 29.5. The molecule has 0 aliphatic heterocycles. The first-order valence-corrected chi connectivity index (χ1v) is 8.14. The standard InChI is InChI=1S/C14H8Cl5N3O2/c15-6-4-9(18)12(10(19)5-6)21-22-14(24)20-13(23)11-7(16)2-1-3-8(11)17/h1-5,21H,(H2,20,22,23,24). The molecule has 0 unspecified atom stereocenters. The van der Waals surface area contributed by atoms with E-state index in [0.29, 0.717) is 5.02 Å². The molecule has 2 aromatic carbocycles. The number of urea groups is 1. The zero-order chi connectivity index (χ0) is 17.9. The Bertz CT molecular complexity index is 770. The predicted molar refractivity (Wildman–Crippen MR) is 97.6 cm³/mol. The van der Waals surface area contributed by atoms with Gasteiger partial charge >= 0.3 is 6.03 Å². The summed E-state index contributed by atoms with van der Waals surface area (Å²) in [7, 11) is 0. The van der Waals surface area contributed by atoms with E-state index in [9.17, 15) is 9.59 Å². The van der Waals surface area contributed by atoms with Gasteiger partial charge in [0, 0.05) is 5.02 Å². The Hall–Kier alpha value is -1.37. The molecule has 2 aromatic rings. The highest BCUT2D eigenvalue weighted by Crippen LogP contribution is 2.33. The first-order valence-electron chi connectivity index (χ1n) is 6.25. The second kappa shape index (κ2) is 8.14. The van der Waals surface area contributed by atoms with Crippen LogP contribution in [0.5, 0.6) is 0 Å². The van der Waals surface area contributed by atoms with Crippen molar-refractivity contribution >= 4 is 75.6 Å². The number of hydrazine groups is 1. The van der Waals surface area contributed by atoms with E-state index in [1.807, 2.05) is 0 Å². The molecule has 0 aliphatic rings. The van der Waals surface area contributed by atoms with E-state index in [1.165, 1.54) is 24.3 Å². The van der Waals surface area contributed by atoms with Gasteiger partial charge in [0.15, 0.2) is 0 Å². The van der Waals surface area contributed by atoms with Crippen molar-refractivity contribution in [1.82, 2.24) is 10.7 Å². The van der Waals surface area contributed by atoms with Crippen molar-refractivity contribution in [3.8, 4) is 0 Å². The molecule has 0 saturated carbocycles. The normalized spacial score (nSPS) is 10.2. The third-order valence-corrected chi connectivity index (χ3v) is 4.17. The number of amides is 3. The van der Waals surface area contributed by atoms with Crippen molar-refractivity contribution in [2.75, 3.05) is 5.43 Å². The van der Waals surface area contributed by atoms with Crippen molar-refractivity contribution in [3.63, 3.8) is 0 Å². The maximum Gasteiger partial charge on any atom is 0.340 e. The number of rotatable bonds is 3. The number of carbonyl (C=O) groups excluding carboxylic acids is 2. The predicted octanol–water partition coefficient (Wildman–Crippen LogP) is 5.42. The fourth-order valence-electron chi connectivity index (χ4n) is 1.69. The third kappa shape index (κ3) is 4.59. The lowest BCUT2D eigenvalue weighted by Gasteiger charge is -2.13. The van der Waals surface area contributed by atoms with Crippen LogP contribution in [0.3, 0.4) is 0 Å². The molecule has 2 rings (SSSR count). The molecule has 0 atom stereocenters. The maximum absolute atomic E-state index is 12.0. The van der Waals surface area contributed by atoms with Crippen LogP contribution in [0.25, 0.3) is 0 Å². The Kier molecular flexibility index (Phi) is 6.43. The van der Waals surface area contributed by atoms with Crippen molar-refractivity contribution in [1.29, 1.82) is 0 Å². The molecule has 0 spiro atoms. The molecule has 0 radical (unpaired) electrons. The van der Waals surface area contributed by atoms with Crippen LogP contribution >= 0.6 is 58.0 Å². The second-order valence-electron chi connectivity index (χ2n) is 4.37. The number of imide groups is 1. The van der Waals surface area contributed by atoms with Gasteiger partial charge in [-0.15, -0.1) is 0 Å². The molecule has 5 nitrogen and oxygen atoms in total. The van der Waals surface area contributed by atoms with E-state index in [2.05, 4.69) is 16.2 Å². The van der Waals surface area contributed by atoms with Gasteiger partial charge in [-0.25, -0.2) is 4.79 Å². The number of hydrogen-bond donors (Lipinski definition) is 3. The molecular weight excluding hydrogens is 419 g/mol. The van der Waals surface area contributed by atoms with E-state index in [1.54, 1.807) is 6.07 Å². The van der Waals surface area contributed by atoms with Crippen LogP contribution in [0.2, 0.25) is 25.1 Å². The number of hydrogen-bond acceptors (Lipinski definition) is 3. The third-order valence-electron chi connectivity index (χ3n) is 2.72. The van der Waals surface area contributed by atoms with Gasteiger partial charge in [-0.05, 0) is 24.3 Å². The molecule has 0 bridgehead atoms. The fraction of sp³-hybridized carbons (Fsp3) is 0. The summed E-state index contributed by atoms with van der Waals surface area (Å²) in [6.07, 6.45) is 0. The summed E-state index contributed by atoms with van der Waals surface area (Å²) in [6, 6.07) is 6.54. The number of halogens is 5. The van der Waals surface area contributed by atoms with Crippen molar-refractivity contribution in [2.24, 2.45) is 0 Å². The highest BCUT2D eigenvalue weighted by Gasteiger charge is 2.17. The van der Waals surface area contributed by atoms with Crippen LogP contribution < -0.4 is 16.2 Å². The zero-order valence-electron chi connectivity index (χ0n) is 11.6. The first kappa shape index (κ1) is 19.0. The van der Waals surface area contributed by atoms with Crippen molar-refractivity contribution in [2.45, 2.75) is 0 Å². The topological polar surface area (TPSA) is 70.2 Å². The van der Waals surface area contributed by atoms with Crippen LogP contribution in [-0.4, -0.2) is 11.9 Å². The van der Waals surface area contributed by atoms with Crippen molar-refractivity contribution < 1.29 is 9.59 Å². The highest BCUT2D eigenvalue weighted by atomic mass is 35.5. The van der Waals surface area contributed by atoms with Gasteiger partial charge < -0.3 is 0 Å². The summed E-state index contributed by atoms with van der Waals surface area (Å²) in [5.74, 6) is -0.766. The fourth-order valence-corrected chi connectivity index (χ4v) is 3.17. The minimum Gasteiger partial charge on any atom is -0.294 e. The van der Waals surface area contributed by atoms with Gasteiger partial charge in [-0.1, -0.05) is 64.1 Å². The molecule has 0 heterocycles. The van der Waals surface area contributed by atoms with Gasteiger partial charge in [0.25, 0.3) is 5.91 Å². The largest absolute Gasteiger partial charge is 0.340 e. The van der Waals surface area contributed by atoms with E-state index < -0.39 is 11.9 Å². The molecule has 24 heavy (non-hydrogen) atoms. The molecule has 0 aliphatic carbocycles. The summed E-state index contributed by atoms with van der Waals surface area (Å²) in [4.78, 5) is 23.9. The maximum atomic E-state index is 12.0. The lowest BCUT2D eigenvalue weighted by molar-refractivity contribution is 0.0965. The summed E-state index contributed by atoms with van der Waals surface area (Å²) in [5.41, 5.74) is 4.92. The number of nitrogens with one attached hydrogen (secondary N) is 3. The van der Waals surface area contributed by atoms with Gasteiger partial charge in [0.05, 0.1) is 31.3 Å². The first-order chi connectivity index (χ1) is 11.3. The van der Waals surface area contributed by atoms with E-state index in [0.717, 1.165) is 0 Å². The van der Waals surface area contributed by atoms with Crippen LogP contribution in [-0.2, 0) is 0 Å². The molecule has 0 fully saturated rings. The SMILES string of the molecule is O=C(NNc1c(Cl)cc(Cl)cc1Cl)NC(=O)c1c(Cl)cccc1Cl. The lowest BCUT2D eigenvalue weighted by Crippen LogP contribution is -2.42. The van der Waals surface area contributed by atoms with Gasteiger partial charge in [0.2, 0.25) is 0 Å². The molecular formula is C14H8Cl5N3O2. The Labute approximate surface area is 162 Å². The minimum absolute atomic E-state index is 0.0152. The van der Waals surface area contributed by atoms with Gasteiger partial charge in [-0.3, -0.25) is 21.0 Å². The molecule has 3 N–H and O–H groups in total. The molecule has 0 saturated heterocycles. The van der Waals surface area contributed by atoms with Crippen LogP contribution in [0, 0.1) is 0 Å². The average molecular weight is 428 g/mol. The summed E-state index contributed by atoms with van der Waals surface area (Å²) in [5, 5.41) is 3.01.